The summed E-state index contributed by atoms with van der Waals surface area (Å²) in [5, 5.41) is 9.27. The molecule has 0 saturated heterocycles. The second-order valence-corrected chi connectivity index (χ2v) is 5.71. The molecule has 0 spiro atoms. The molecule has 0 aliphatic heterocycles. The van der Waals surface area contributed by atoms with Gasteiger partial charge in [0.1, 0.15) is 5.82 Å². The van der Waals surface area contributed by atoms with E-state index < -0.39 is 0 Å². The summed E-state index contributed by atoms with van der Waals surface area (Å²) >= 11 is 6.02. The Morgan fingerprint density at radius 2 is 2.00 bits per heavy atom. The van der Waals surface area contributed by atoms with Crippen LogP contribution in [0.15, 0.2) is 47.3 Å². The Hall–Kier alpha value is -2.66. The number of hydrogen-bond acceptors (Lipinski definition) is 3. The summed E-state index contributed by atoms with van der Waals surface area (Å²) in [6, 6.07) is 12.8. The third-order valence-electron chi connectivity index (χ3n) is 3.88. The van der Waals surface area contributed by atoms with E-state index >= 15 is 0 Å². The summed E-state index contributed by atoms with van der Waals surface area (Å²) in [6.07, 6.45) is 0.610. The van der Waals surface area contributed by atoms with Crippen molar-refractivity contribution in [2.75, 3.05) is 0 Å². The van der Waals surface area contributed by atoms with E-state index in [9.17, 15) is 4.79 Å². The highest BCUT2D eigenvalue weighted by molar-refractivity contribution is 6.31. The largest absolute Gasteiger partial charge is 0.276 e. The van der Waals surface area contributed by atoms with Crippen molar-refractivity contribution in [3.63, 3.8) is 0 Å². The standard InChI is InChI=1S/C17H13ClN4O/c1-2-15-19-14-9-10(18)7-8-12(14)17(23)22(15)16-11-5-3-4-6-13(11)20-21-16/h3-9H,2H2,1H3,(H,20,21). The van der Waals surface area contributed by atoms with E-state index in [0.717, 1.165) is 10.9 Å². The number of aromatic amines is 1. The predicted octanol–water partition coefficient (Wildman–Crippen LogP) is 3.48. The van der Waals surface area contributed by atoms with Gasteiger partial charge in [-0.15, -0.1) is 0 Å². The Kier molecular flexibility index (Phi) is 3.16. The number of nitrogens with one attached hydrogen (secondary N) is 1. The molecule has 0 fully saturated rings. The van der Waals surface area contributed by atoms with Crippen LogP contribution in [-0.2, 0) is 6.42 Å². The molecule has 0 bridgehead atoms. The molecule has 114 valence electrons. The van der Waals surface area contributed by atoms with E-state index in [1.165, 1.54) is 0 Å². The van der Waals surface area contributed by atoms with Gasteiger partial charge in [-0.25, -0.2) is 9.55 Å². The molecular formula is C17H13ClN4O. The van der Waals surface area contributed by atoms with E-state index in [1.54, 1.807) is 22.8 Å². The molecule has 0 radical (unpaired) electrons. The van der Waals surface area contributed by atoms with Crippen LogP contribution in [0.5, 0.6) is 0 Å². The molecule has 0 amide bonds. The lowest BCUT2D eigenvalue weighted by Crippen LogP contribution is -2.24. The molecular weight excluding hydrogens is 312 g/mol. The number of hydrogen-bond donors (Lipinski definition) is 1. The molecule has 0 saturated carbocycles. The summed E-state index contributed by atoms with van der Waals surface area (Å²) in [7, 11) is 0. The van der Waals surface area contributed by atoms with Crippen LogP contribution in [0.1, 0.15) is 12.7 Å². The minimum Gasteiger partial charge on any atom is -0.276 e. The fraction of sp³-hybridized carbons (Fsp3) is 0.118. The molecule has 23 heavy (non-hydrogen) atoms. The third-order valence-corrected chi connectivity index (χ3v) is 4.11. The summed E-state index contributed by atoms with van der Waals surface area (Å²) in [5.41, 5.74) is 1.35. The normalized spacial score (nSPS) is 11.4. The molecule has 4 rings (SSSR count). The molecule has 2 aromatic heterocycles. The summed E-state index contributed by atoms with van der Waals surface area (Å²) < 4.78 is 1.58. The number of aromatic nitrogens is 4. The van der Waals surface area contributed by atoms with Crippen LogP contribution in [-0.4, -0.2) is 19.7 Å². The molecule has 1 N–H and O–H groups in total. The van der Waals surface area contributed by atoms with Gasteiger partial charge >= 0.3 is 0 Å². The SMILES string of the molecule is CCc1nc2cc(Cl)ccc2c(=O)n1-c1n[nH]c2ccccc12. The lowest BCUT2D eigenvalue weighted by molar-refractivity contribution is 0.810. The van der Waals surface area contributed by atoms with Crippen LogP contribution >= 0.6 is 11.6 Å². The van der Waals surface area contributed by atoms with Gasteiger partial charge in [-0.05, 0) is 30.3 Å². The first-order valence-electron chi connectivity index (χ1n) is 7.33. The van der Waals surface area contributed by atoms with Crippen molar-refractivity contribution < 1.29 is 0 Å². The van der Waals surface area contributed by atoms with Gasteiger partial charge in [0, 0.05) is 16.8 Å². The van der Waals surface area contributed by atoms with E-state index in [-0.39, 0.29) is 5.56 Å². The number of fused-ring (bicyclic) bond motifs is 2. The first kappa shape index (κ1) is 14.0. The lowest BCUT2D eigenvalue weighted by Gasteiger charge is -2.10. The number of rotatable bonds is 2. The average Bonchev–Trinajstić information content (AvgIpc) is 2.98. The van der Waals surface area contributed by atoms with Gasteiger partial charge in [0.25, 0.3) is 5.56 Å². The topological polar surface area (TPSA) is 63.6 Å². The van der Waals surface area contributed by atoms with Crippen molar-refractivity contribution in [3.8, 4) is 5.82 Å². The van der Waals surface area contributed by atoms with Crippen molar-refractivity contribution in [2.24, 2.45) is 0 Å². The second-order valence-electron chi connectivity index (χ2n) is 5.28. The zero-order valence-electron chi connectivity index (χ0n) is 12.4. The smallest absolute Gasteiger partial charge is 0.267 e. The van der Waals surface area contributed by atoms with Crippen LogP contribution in [0.25, 0.3) is 27.6 Å². The highest BCUT2D eigenvalue weighted by Crippen LogP contribution is 2.21. The summed E-state index contributed by atoms with van der Waals surface area (Å²) in [5.74, 6) is 1.23. The number of nitrogens with zero attached hydrogens (tertiary/aromatic N) is 3. The van der Waals surface area contributed by atoms with Gasteiger partial charge < -0.3 is 0 Å². The van der Waals surface area contributed by atoms with E-state index in [2.05, 4.69) is 15.2 Å². The number of halogens is 1. The predicted molar refractivity (Wildman–Crippen MR) is 91.4 cm³/mol. The van der Waals surface area contributed by atoms with Crippen molar-refractivity contribution in [3.05, 3.63) is 63.7 Å². The third kappa shape index (κ3) is 2.12. The second kappa shape index (κ2) is 5.21. The Morgan fingerprint density at radius 1 is 1.17 bits per heavy atom. The maximum atomic E-state index is 13.0. The minimum atomic E-state index is -0.138. The zero-order chi connectivity index (χ0) is 16.0. The van der Waals surface area contributed by atoms with Crippen molar-refractivity contribution in [1.29, 1.82) is 0 Å². The fourth-order valence-electron chi connectivity index (χ4n) is 2.78. The van der Waals surface area contributed by atoms with Crippen LogP contribution in [0.3, 0.4) is 0 Å². The molecule has 0 aliphatic rings. The quantitative estimate of drug-likeness (QED) is 0.614. The molecule has 2 aromatic carbocycles. The van der Waals surface area contributed by atoms with Crippen LogP contribution in [0.2, 0.25) is 5.02 Å². The first-order valence-corrected chi connectivity index (χ1v) is 7.71. The zero-order valence-corrected chi connectivity index (χ0v) is 13.1. The molecule has 5 nitrogen and oxygen atoms in total. The summed E-state index contributed by atoms with van der Waals surface area (Å²) in [6.45, 7) is 1.96. The lowest BCUT2D eigenvalue weighted by atomic mass is 10.2. The molecule has 0 atom stereocenters. The molecule has 2 heterocycles. The maximum absolute atomic E-state index is 13.0. The molecule has 4 aromatic rings. The van der Waals surface area contributed by atoms with Gasteiger partial charge in [-0.1, -0.05) is 30.7 Å². The van der Waals surface area contributed by atoms with Crippen LogP contribution < -0.4 is 5.56 Å². The minimum absolute atomic E-state index is 0.138. The van der Waals surface area contributed by atoms with Crippen LogP contribution in [0.4, 0.5) is 0 Å². The van der Waals surface area contributed by atoms with Gasteiger partial charge in [0.05, 0.1) is 16.4 Å². The van der Waals surface area contributed by atoms with Crippen LogP contribution in [0, 0.1) is 0 Å². The van der Waals surface area contributed by atoms with Gasteiger partial charge in [0.2, 0.25) is 0 Å². The monoisotopic (exact) mass is 324 g/mol. The van der Waals surface area contributed by atoms with Crippen molar-refractivity contribution in [1.82, 2.24) is 19.7 Å². The maximum Gasteiger partial charge on any atom is 0.267 e. The Balaban J connectivity index is 2.12. The number of benzene rings is 2. The highest BCUT2D eigenvalue weighted by Gasteiger charge is 2.16. The van der Waals surface area contributed by atoms with Crippen molar-refractivity contribution in [2.45, 2.75) is 13.3 Å². The van der Waals surface area contributed by atoms with Gasteiger partial charge in [-0.2, -0.15) is 5.10 Å². The van der Waals surface area contributed by atoms with Gasteiger partial charge in [0.15, 0.2) is 5.82 Å². The van der Waals surface area contributed by atoms with Gasteiger partial charge in [-0.3, -0.25) is 9.89 Å². The molecule has 0 aliphatic carbocycles. The van der Waals surface area contributed by atoms with Crippen molar-refractivity contribution >= 4 is 33.4 Å². The number of aryl methyl sites for hydroxylation is 1. The molecule has 6 heteroatoms. The number of H-pyrrole nitrogens is 1. The first-order chi connectivity index (χ1) is 11.2. The van der Waals surface area contributed by atoms with E-state index in [1.807, 2.05) is 31.2 Å². The molecule has 0 unspecified atom stereocenters. The Morgan fingerprint density at radius 3 is 2.83 bits per heavy atom. The van der Waals surface area contributed by atoms with E-state index in [0.29, 0.717) is 34.0 Å². The highest BCUT2D eigenvalue weighted by atomic mass is 35.5. The fourth-order valence-corrected chi connectivity index (χ4v) is 2.95. The Bertz CT molecular complexity index is 1100. The summed E-state index contributed by atoms with van der Waals surface area (Å²) in [4.78, 5) is 17.6. The number of para-hydroxylation sites is 1. The Labute approximate surface area is 136 Å². The van der Waals surface area contributed by atoms with E-state index in [4.69, 9.17) is 11.6 Å². The average molecular weight is 325 g/mol.